The van der Waals surface area contributed by atoms with E-state index in [1.54, 1.807) is 7.11 Å². The molecule has 0 spiro atoms. The first-order valence-corrected chi connectivity index (χ1v) is 7.50. The molecule has 0 unspecified atom stereocenters. The Kier molecular flexibility index (Phi) is 7.87. The third kappa shape index (κ3) is 7.34. The fraction of sp³-hybridized carbons (Fsp3) is 1.00. The SMILES string of the molecule is COC(C)(C)CCOCCCNC1CCCCC1. The quantitative estimate of drug-likeness (QED) is 0.644. The van der Waals surface area contributed by atoms with Gasteiger partial charge < -0.3 is 14.8 Å². The Bertz CT molecular complexity index is 201. The summed E-state index contributed by atoms with van der Waals surface area (Å²) in [5, 5.41) is 3.64. The molecule has 1 rings (SSSR count). The number of rotatable bonds is 9. The normalized spacial score (nSPS) is 18.2. The Morgan fingerprint density at radius 3 is 2.50 bits per heavy atom. The fourth-order valence-corrected chi connectivity index (χ4v) is 2.31. The monoisotopic (exact) mass is 257 g/mol. The lowest BCUT2D eigenvalue weighted by atomic mass is 9.95. The number of hydrogen-bond acceptors (Lipinski definition) is 3. The largest absolute Gasteiger partial charge is 0.381 e. The number of ether oxygens (including phenoxy) is 2. The summed E-state index contributed by atoms with van der Waals surface area (Å²) in [6.07, 6.45) is 9.03. The molecule has 18 heavy (non-hydrogen) atoms. The highest BCUT2D eigenvalue weighted by Crippen LogP contribution is 2.17. The summed E-state index contributed by atoms with van der Waals surface area (Å²) in [6, 6.07) is 0.770. The molecule has 0 saturated heterocycles. The van der Waals surface area contributed by atoms with Gasteiger partial charge in [0, 0.05) is 26.4 Å². The average molecular weight is 257 g/mol. The molecule has 0 aliphatic heterocycles. The topological polar surface area (TPSA) is 30.5 Å². The molecule has 1 N–H and O–H groups in total. The van der Waals surface area contributed by atoms with Gasteiger partial charge in [-0.1, -0.05) is 19.3 Å². The molecule has 1 fully saturated rings. The van der Waals surface area contributed by atoms with E-state index in [0.717, 1.165) is 38.6 Å². The lowest BCUT2D eigenvalue weighted by Crippen LogP contribution is -2.32. The number of methoxy groups -OCH3 is 1. The minimum Gasteiger partial charge on any atom is -0.381 e. The van der Waals surface area contributed by atoms with Crippen molar-refractivity contribution in [1.29, 1.82) is 0 Å². The second kappa shape index (κ2) is 8.89. The van der Waals surface area contributed by atoms with E-state index in [1.165, 1.54) is 32.1 Å². The molecule has 1 aliphatic carbocycles. The Labute approximate surface area is 113 Å². The van der Waals surface area contributed by atoms with Crippen molar-refractivity contribution >= 4 is 0 Å². The molecular formula is C15H31NO2. The van der Waals surface area contributed by atoms with Crippen LogP contribution >= 0.6 is 0 Å². The maximum Gasteiger partial charge on any atom is 0.0644 e. The zero-order valence-corrected chi connectivity index (χ0v) is 12.5. The number of nitrogens with one attached hydrogen (secondary N) is 1. The van der Waals surface area contributed by atoms with E-state index < -0.39 is 0 Å². The molecule has 1 aliphatic rings. The van der Waals surface area contributed by atoms with Crippen LogP contribution in [0.1, 0.15) is 58.8 Å². The van der Waals surface area contributed by atoms with Crippen molar-refractivity contribution < 1.29 is 9.47 Å². The molecule has 0 aromatic rings. The lowest BCUT2D eigenvalue weighted by molar-refractivity contribution is -0.00999. The second-order valence-corrected chi connectivity index (χ2v) is 5.97. The van der Waals surface area contributed by atoms with Crippen molar-refractivity contribution in [2.75, 3.05) is 26.9 Å². The summed E-state index contributed by atoms with van der Waals surface area (Å²) in [6.45, 7) is 6.95. The summed E-state index contributed by atoms with van der Waals surface area (Å²) in [4.78, 5) is 0. The highest BCUT2D eigenvalue weighted by Gasteiger charge is 2.15. The first-order valence-electron chi connectivity index (χ1n) is 7.50. The maximum absolute atomic E-state index is 5.64. The van der Waals surface area contributed by atoms with Crippen LogP contribution in [0.2, 0.25) is 0 Å². The van der Waals surface area contributed by atoms with E-state index in [4.69, 9.17) is 9.47 Å². The van der Waals surface area contributed by atoms with Gasteiger partial charge in [0.15, 0.2) is 0 Å². The van der Waals surface area contributed by atoms with Crippen LogP contribution in [0.5, 0.6) is 0 Å². The Hall–Kier alpha value is -0.120. The zero-order chi connectivity index (χ0) is 13.3. The second-order valence-electron chi connectivity index (χ2n) is 5.97. The van der Waals surface area contributed by atoms with Crippen LogP contribution in [0.4, 0.5) is 0 Å². The molecule has 0 aromatic carbocycles. The van der Waals surface area contributed by atoms with Crippen molar-refractivity contribution in [3.05, 3.63) is 0 Å². The minimum atomic E-state index is -0.0552. The summed E-state index contributed by atoms with van der Waals surface area (Å²) in [5.41, 5.74) is -0.0552. The molecular weight excluding hydrogens is 226 g/mol. The van der Waals surface area contributed by atoms with Gasteiger partial charge in [0.25, 0.3) is 0 Å². The van der Waals surface area contributed by atoms with Gasteiger partial charge in [0.05, 0.1) is 5.60 Å². The van der Waals surface area contributed by atoms with Gasteiger partial charge in [0.2, 0.25) is 0 Å². The molecule has 0 atom stereocenters. The van der Waals surface area contributed by atoms with Gasteiger partial charge in [0.1, 0.15) is 0 Å². The Morgan fingerprint density at radius 2 is 1.83 bits per heavy atom. The van der Waals surface area contributed by atoms with E-state index in [1.807, 2.05) is 0 Å². The first kappa shape index (κ1) is 15.9. The van der Waals surface area contributed by atoms with Crippen molar-refractivity contribution in [3.63, 3.8) is 0 Å². The van der Waals surface area contributed by atoms with Crippen molar-refractivity contribution in [2.45, 2.75) is 70.4 Å². The number of hydrogen-bond donors (Lipinski definition) is 1. The molecule has 0 bridgehead atoms. The predicted octanol–water partition coefficient (Wildman–Crippen LogP) is 3.13. The Morgan fingerprint density at radius 1 is 1.11 bits per heavy atom. The lowest BCUT2D eigenvalue weighted by Gasteiger charge is -2.23. The molecule has 1 saturated carbocycles. The van der Waals surface area contributed by atoms with Crippen LogP contribution < -0.4 is 5.32 Å². The molecule has 108 valence electrons. The third-order valence-electron chi connectivity index (χ3n) is 3.90. The van der Waals surface area contributed by atoms with Crippen LogP contribution in [0.15, 0.2) is 0 Å². The van der Waals surface area contributed by atoms with Crippen LogP contribution in [0.3, 0.4) is 0 Å². The summed E-state index contributed by atoms with van der Waals surface area (Å²) in [7, 11) is 1.76. The van der Waals surface area contributed by atoms with Gasteiger partial charge in [-0.2, -0.15) is 0 Å². The Balaban J connectivity index is 1.86. The fourth-order valence-electron chi connectivity index (χ4n) is 2.31. The van der Waals surface area contributed by atoms with E-state index >= 15 is 0 Å². The zero-order valence-electron chi connectivity index (χ0n) is 12.5. The molecule has 0 aromatic heterocycles. The summed E-state index contributed by atoms with van der Waals surface area (Å²) < 4.78 is 11.0. The van der Waals surface area contributed by atoms with Gasteiger partial charge in [-0.05, 0) is 46.1 Å². The van der Waals surface area contributed by atoms with Gasteiger partial charge in [-0.25, -0.2) is 0 Å². The van der Waals surface area contributed by atoms with Crippen LogP contribution in [0.25, 0.3) is 0 Å². The van der Waals surface area contributed by atoms with Gasteiger partial charge >= 0.3 is 0 Å². The van der Waals surface area contributed by atoms with Crippen LogP contribution in [0, 0.1) is 0 Å². The third-order valence-corrected chi connectivity index (χ3v) is 3.90. The summed E-state index contributed by atoms with van der Waals surface area (Å²) in [5.74, 6) is 0. The molecule has 0 amide bonds. The molecule has 3 nitrogen and oxygen atoms in total. The highest BCUT2D eigenvalue weighted by atomic mass is 16.5. The molecule has 0 heterocycles. The maximum atomic E-state index is 5.64. The van der Waals surface area contributed by atoms with E-state index in [9.17, 15) is 0 Å². The molecule has 0 radical (unpaired) electrons. The standard InChI is InChI=1S/C15H31NO2/c1-15(2,17-3)10-13-18-12-7-11-16-14-8-5-4-6-9-14/h14,16H,4-13H2,1-3H3. The van der Waals surface area contributed by atoms with Crippen molar-refractivity contribution in [1.82, 2.24) is 5.32 Å². The van der Waals surface area contributed by atoms with Gasteiger partial charge in [-0.15, -0.1) is 0 Å². The first-order chi connectivity index (χ1) is 8.64. The van der Waals surface area contributed by atoms with Gasteiger partial charge in [-0.3, -0.25) is 0 Å². The van der Waals surface area contributed by atoms with Crippen molar-refractivity contribution in [2.24, 2.45) is 0 Å². The van der Waals surface area contributed by atoms with E-state index in [2.05, 4.69) is 19.2 Å². The van der Waals surface area contributed by atoms with E-state index in [-0.39, 0.29) is 5.60 Å². The molecule has 3 heteroatoms. The predicted molar refractivity (Wildman–Crippen MR) is 76.0 cm³/mol. The smallest absolute Gasteiger partial charge is 0.0644 e. The summed E-state index contributed by atoms with van der Waals surface area (Å²) >= 11 is 0. The minimum absolute atomic E-state index is 0.0552. The van der Waals surface area contributed by atoms with Crippen LogP contribution in [-0.2, 0) is 9.47 Å². The van der Waals surface area contributed by atoms with E-state index in [0.29, 0.717) is 0 Å². The average Bonchev–Trinajstić information content (AvgIpc) is 2.39. The van der Waals surface area contributed by atoms with Crippen molar-refractivity contribution in [3.8, 4) is 0 Å². The van der Waals surface area contributed by atoms with Crippen LogP contribution in [-0.4, -0.2) is 38.5 Å². The highest BCUT2D eigenvalue weighted by molar-refractivity contribution is 4.71.